The van der Waals surface area contributed by atoms with E-state index in [1.54, 1.807) is 0 Å². The monoisotopic (exact) mass is 782 g/mol. The maximum atomic E-state index is 7.37. The molecule has 63 heavy (non-hydrogen) atoms. The Bertz CT molecular complexity index is 3600. The van der Waals surface area contributed by atoms with Gasteiger partial charge >= 0.3 is 0 Å². The lowest BCUT2D eigenvalue weighted by molar-refractivity contribution is 1.18. The SMILES string of the molecule is [B]c1c([B])c([B])c2c(c1[B])c1c([B])c(-c3ccc4c(c3)c3cc(-c5ccccc5)ccc3n4-c3ccccc3)c([B])c([B])c1n2-c1ccc(-c2ccc(-c3ccccc3)cc2)cc1. The Balaban J connectivity index is 1.12. The van der Waals surface area contributed by atoms with Crippen LogP contribution >= 0.6 is 0 Å². The number of aromatic nitrogens is 2. The summed E-state index contributed by atoms with van der Waals surface area (Å²) in [5, 5.41) is 3.24. The number of benzene rings is 9. The van der Waals surface area contributed by atoms with Gasteiger partial charge in [-0.1, -0.05) is 155 Å². The van der Waals surface area contributed by atoms with Gasteiger partial charge in [0.1, 0.15) is 54.9 Å². The van der Waals surface area contributed by atoms with E-state index in [1.807, 2.05) is 65.2 Å². The predicted octanol–water partition coefficient (Wildman–Crippen LogP) is 6.11. The van der Waals surface area contributed by atoms with Crippen LogP contribution in [0.15, 0.2) is 176 Å². The third-order valence-electron chi connectivity index (χ3n) is 12.5. The van der Waals surface area contributed by atoms with Gasteiger partial charge in [0.2, 0.25) is 0 Å². The molecule has 0 fully saturated rings. The van der Waals surface area contributed by atoms with Crippen LogP contribution in [-0.2, 0) is 0 Å². The Hall–Kier alpha value is -6.97. The van der Waals surface area contributed by atoms with Crippen LogP contribution in [-0.4, -0.2) is 64.1 Å². The molecule has 11 rings (SSSR count). The van der Waals surface area contributed by atoms with Gasteiger partial charge in [-0.15, -0.1) is 10.9 Å². The predicted molar refractivity (Wildman–Crippen MR) is 275 cm³/mol. The molecule has 0 amide bonds. The van der Waals surface area contributed by atoms with Crippen molar-refractivity contribution >= 4 is 137 Å². The minimum absolute atomic E-state index is 0.175. The van der Waals surface area contributed by atoms with Gasteiger partial charge in [-0.3, -0.25) is 0 Å². The van der Waals surface area contributed by atoms with Crippen LogP contribution in [0.2, 0.25) is 0 Å². The van der Waals surface area contributed by atoms with Gasteiger partial charge in [0.25, 0.3) is 0 Å². The highest BCUT2D eigenvalue weighted by atomic mass is 15.0. The molecule has 0 atom stereocenters. The third kappa shape index (κ3) is 6.12. The van der Waals surface area contributed by atoms with E-state index >= 15 is 0 Å². The summed E-state index contributed by atoms with van der Waals surface area (Å²) in [5.74, 6) is 0. The molecule has 0 saturated carbocycles. The van der Waals surface area contributed by atoms with Gasteiger partial charge in [0, 0.05) is 38.6 Å². The minimum Gasteiger partial charge on any atom is -0.311 e. The lowest BCUT2D eigenvalue weighted by Crippen LogP contribution is -2.48. The van der Waals surface area contributed by atoms with Crippen molar-refractivity contribution in [3.63, 3.8) is 0 Å². The highest BCUT2D eigenvalue weighted by Crippen LogP contribution is 2.38. The average molecular weight is 782 g/mol. The van der Waals surface area contributed by atoms with Crippen LogP contribution in [0.5, 0.6) is 0 Å². The van der Waals surface area contributed by atoms with E-state index < -0.39 is 0 Å². The lowest BCUT2D eigenvalue weighted by Gasteiger charge is -2.19. The number of nitrogens with zero attached hydrogens (tertiary/aromatic N) is 2. The molecule has 0 aliphatic heterocycles. The van der Waals surface area contributed by atoms with Crippen molar-refractivity contribution in [3.05, 3.63) is 176 Å². The zero-order valence-corrected chi connectivity index (χ0v) is 34.2. The van der Waals surface area contributed by atoms with E-state index in [4.69, 9.17) is 54.9 Å². The standard InChI is InChI=1S/C54H29B7N2/c55-46-43(36-23-27-42-40(29-36)39-28-35(31-12-6-2-7-13-31)22-26-41(39)62(42)37-14-8-3-9-15-37)47(56)51(60)53-44(46)45-48(57)49(58)50(59)52(61)54(45)63(53)38-24-20-34(21-25-38)33-18-16-32(17-19-33)30-10-4-1-5-11-30/h1-29H. The van der Waals surface area contributed by atoms with Crippen LogP contribution in [0, 0.1) is 0 Å². The van der Waals surface area contributed by atoms with E-state index in [2.05, 4.69) is 120 Å². The molecule has 0 unspecified atom stereocenters. The third-order valence-corrected chi connectivity index (χ3v) is 12.5. The molecule has 0 bridgehead atoms. The first-order chi connectivity index (χ1) is 30.7. The van der Waals surface area contributed by atoms with Gasteiger partial charge in [0.05, 0.1) is 11.0 Å². The van der Waals surface area contributed by atoms with Gasteiger partial charge < -0.3 is 9.13 Å². The minimum atomic E-state index is 0.175. The molecular weight excluding hydrogens is 752 g/mol. The van der Waals surface area contributed by atoms with E-state index in [9.17, 15) is 0 Å². The Morgan fingerprint density at radius 1 is 0.270 bits per heavy atom. The molecule has 2 aromatic heterocycles. The summed E-state index contributed by atoms with van der Waals surface area (Å²) in [5.41, 5.74) is 14.9. The lowest BCUT2D eigenvalue weighted by atomic mass is 9.64. The smallest absolute Gasteiger partial charge is 0.115 e. The highest BCUT2D eigenvalue weighted by Gasteiger charge is 2.25. The molecule has 0 aliphatic rings. The number of hydrogen-bond donors (Lipinski definition) is 0. The first-order valence-electron chi connectivity index (χ1n) is 20.7. The number of fused-ring (bicyclic) bond motifs is 6. The molecule has 276 valence electrons. The van der Waals surface area contributed by atoms with Crippen LogP contribution in [0.25, 0.3) is 99.5 Å². The summed E-state index contributed by atoms with van der Waals surface area (Å²) in [6, 6.07) is 60.6. The summed E-state index contributed by atoms with van der Waals surface area (Å²) < 4.78 is 4.23. The number of hydrogen-bond acceptors (Lipinski definition) is 0. The summed E-state index contributed by atoms with van der Waals surface area (Å²) in [6.45, 7) is 0. The van der Waals surface area contributed by atoms with Crippen molar-refractivity contribution < 1.29 is 0 Å². The van der Waals surface area contributed by atoms with Crippen molar-refractivity contribution in [2.24, 2.45) is 0 Å². The molecule has 2 nitrogen and oxygen atoms in total. The van der Waals surface area contributed by atoms with Crippen LogP contribution < -0.4 is 38.2 Å². The fourth-order valence-corrected chi connectivity index (χ4v) is 9.39. The van der Waals surface area contributed by atoms with Crippen molar-refractivity contribution in [2.45, 2.75) is 0 Å². The van der Waals surface area contributed by atoms with Gasteiger partial charge in [-0.2, -0.15) is 0 Å². The van der Waals surface area contributed by atoms with Crippen molar-refractivity contribution in [1.29, 1.82) is 0 Å². The first kappa shape index (κ1) is 38.9. The first-order valence-corrected chi connectivity index (χ1v) is 20.7. The molecule has 0 N–H and O–H groups in total. The second-order valence-electron chi connectivity index (χ2n) is 16.0. The Morgan fingerprint density at radius 2 is 0.651 bits per heavy atom. The van der Waals surface area contributed by atoms with E-state index in [0.717, 1.165) is 72.1 Å². The molecule has 9 heteroatoms. The second kappa shape index (κ2) is 15.1. The second-order valence-corrected chi connectivity index (χ2v) is 16.0. The molecule has 2 heterocycles. The van der Waals surface area contributed by atoms with Crippen molar-refractivity contribution in [2.75, 3.05) is 0 Å². The highest BCUT2D eigenvalue weighted by molar-refractivity contribution is 6.69. The Kier molecular flexibility index (Phi) is 9.35. The number of para-hydroxylation sites is 1. The average Bonchev–Trinajstić information content (AvgIpc) is 3.87. The molecule has 0 aliphatic carbocycles. The summed E-state index contributed by atoms with van der Waals surface area (Å²) >= 11 is 0. The fraction of sp³-hybridized carbons (Fsp3) is 0. The Labute approximate surface area is 375 Å². The zero-order chi connectivity index (χ0) is 43.1. The van der Waals surface area contributed by atoms with Gasteiger partial charge in [-0.05, 0) is 98.4 Å². The van der Waals surface area contributed by atoms with E-state index in [0.29, 0.717) is 43.8 Å². The summed E-state index contributed by atoms with van der Waals surface area (Å²) in [7, 11) is 48.6. The maximum Gasteiger partial charge on any atom is 0.115 e. The number of rotatable bonds is 6. The van der Waals surface area contributed by atoms with Gasteiger partial charge in [-0.25, -0.2) is 0 Å². The zero-order valence-electron chi connectivity index (χ0n) is 34.2. The molecule has 0 saturated heterocycles. The quantitative estimate of drug-likeness (QED) is 0.181. The van der Waals surface area contributed by atoms with Crippen molar-refractivity contribution in [1.82, 2.24) is 9.13 Å². The summed E-state index contributed by atoms with van der Waals surface area (Å²) in [6.07, 6.45) is 0. The van der Waals surface area contributed by atoms with Crippen LogP contribution in [0.4, 0.5) is 0 Å². The molecule has 11 aromatic rings. The fourth-order valence-electron chi connectivity index (χ4n) is 9.39. The van der Waals surface area contributed by atoms with Gasteiger partial charge in [0.15, 0.2) is 0 Å². The maximum absolute atomic E-state index is 7.37. The summed E-state index contributed by atoms with van der Waals surface area (Å²) in [4.78, 5) is 0. The topological polar surface area (TPSA) is 9.86 Å². The van der Waals surface area contributed by atoms with Crippen LogP contribution in [0.3, 0.4) is 0 Å². The normalized spacial score (nSPS) is 11.6. The Morgan fingerprint density at radius 3 is 1.21 bits per heavy atom. The van der Waals surface area contributed by atoms with Crippen LogP contribution in [0.1, 0.15) is 0 Å². The molecule has 9 aromatic carbocycles. The molecule has 14 radical (unpaired) electrons. The largest absolute Gasteiger partial charge is 0.311 e. The van der Waals surface area contributed by atoms with Crippen molar-refractivity contribution in [3.8, 4) is 55.9 Å². The molecule has 0 spiro atoms. The molecular formula is C54H29B7N2. The van der Waals surface area contributed by atoms with E-state index in [-0.39, 0.29) is 21.9 Å². The van der Waals surface area contributed by atoms with E-state index in [1.165, 1.54) is 0 Å².